The minimum absolute atomic E-state index is 0.0553. The molecule has 2 unspecified atom stereocenters. The molecule has 0 amide bonds. The third-order valence-corrected chi connectivity index (χ3v) is 3.46. The lowest BCUT2D eigenvalue weighted by atomic mass is 9.88. The van der Waals surface area contributed by atoms with Gasteiger partial charge in [0.1, 0.15) is 17.4 Å². The quantitative estimate of drug-likeness (QED) is 0.891. The van der Waals surface area contributed by atoms with E-state index in [1.807, 2.05) is 0 Å². The second-order valence-corrected chi connectivity index (χ2v) is 4.69. The van der Waals surface area contributed by atoms with Gasteiger partial charge in [-0.3, -0.25) is 0 Å². The van der Waals surface area contributed by atoms with E-state index in [2.05, 4.69) is 0 Å². The molecule has 112 valence electrons. The van der Waals surface area contributed by atoms with Crippen LogP contribution < -0.4 is 10.5 Å². The van der Waals surface area contributed by atoms with Crippen molar-refractivity contribution in [3.63, 3.8) is 0 Å². The molecule has 0 aromatic heterocycles. The zero-order valence-corrected chi connectivity index (χ0v) is 11.6. The number of aliphatic hydroxyl groups excluding tert-OH is 1. The lowest BCUT2D eigenvalue weighted by molar-refractivity contribution is 0.139. The molecule has 0 spiro atoms. The molecular weight excluding hydrogens is 276 g/mol. The standard InChI is InChI=1S/C16H17F2NO2/c1-21-14-4-2-3-13(18)15(14)16(20)12(9-19)10-5-7-11(17)8-6-10/h2-8,12,16,20H,9,19H2,1H3. The number of aliphatic hydroxyl groups is 1. The molecule has 0 fully saturated rings. The van der Waals surface area contributed by atoms with E-state index < -0.39 is 17.8 Å². The van der Waals surface area contributed by atoms with Gasteiger partial charge >= 0.3 is 0 Å². The summed E-state index contributed by atoms with van der Waals surface area (Å²) in [4.78, 5) is 0. The van der Waals surface area contributed by atoms with Crippen molar-refractivity contribution in [2.45, 2.75) is 12.0 Å². The Morgan fingerprint density at radius 2 is 1.81 bits per heavy atom. The molecule has 3 nitrogen and oxygen atoms in total. The molecule has 0 heterocycles. The summed E-state index contributed by atoms with van der Waals surface area (Å²) in [7, 11) is 1.40. The van der Waals surface area contributed by atoms with E-state index in [-0.39, 0.29) is 23.7 Å². The van der Waals surface area contributed by atoms with Crippen molar-refractivity contribution in [2.24, 2.45) is 5.73 Å². The summed E-state index contributed by atoms with van der Waals surface area (Å²) >= 11 is 0. The first-order valence-electron chi connectivity index (χ1n) is 6.54. The van der Waals surface area contributed by atoms with Crippen LogP contribution in [0.2, 0.25) is 0 Å². The predicted octanol–water partition coefficient (Wildman–Crippen LogP) is 2.75. The van der Waals surface area contributed by atoms with Crippen molar-refractivity contribution in [1.29, 1.82) is 0 Å². The molecule has 0 bridgehead atoms. The molecule has 3 N–H and O–H groups in total. The molecule has 0 saturated carbocycles. The topological polar surface area (TPSA) is 55.5 Å². The van der Waals surface area contributed by atoms with Gasteiger partial charge in [0.25, 0.3) is 0 Å². The van der Waals surface area contributed by atoms with E-state index in [0.29, 0.717) is 5.56 Å². The summed E-state index contributed by atoms with van der Waals surface area (Å²) in [6.45, 7) is 0.0876. The van der Waals surface area contributed by atoms with E-state index in [9.17, 15) is 13.9 Å². The predicted molar refractivity (Wildman–Crippen MR) is 76.1 cm³/mol. The Morgan fingerprint density at radius 1 is 1.14 bits per heavy atom. The van der Waals surface area contributed by atoms with E-state index >= 15 is 0 Å². The summed E-state index contributed by atoms with van der Waals surface area (Å²) in [5.74, 6) is -1.26. The van der Waals surface area contributed by atoms with Crippen molar-refractivity contribution in [1.82, 2.24) is 0 Å². The van der Waals surface area contributed by atoms with Crippen LogP contribution in [0, 0.1) is 11.6 Å². The van der Waals surface area contributed by atoms with Gasteiger partial charge in [-0.1, -0.05) is 18.2 Å². The Labute approximate surface area is 122 Å². The Kier molecular flexibility index (Phi) is 4.88. The fraction of sp³-hybridized carbons (Fsp3) is 0.250. The van der Waals surface area contributed by atoms with Gasteiger partial charge in [0, 0.05) is 12.5 Å². The molecular formula is C16H17F2NO2. The SMILES string of the molecule is COc1cccc(F)c1C(O)C(CN)c1ccc(F)cc1. The highest BCUT2D eigenvalue weighted by Crippen LogP contribution is 2.36. The molecule has 0 saturated heterocycles. The number of nitrogens with two attached hydrogens (primary N) is 1. The Bertz CT molecular complexity index is 602. The third-order valence-electron chi connectivity index (χ3n) is 3.46. The fourth-order valence-corrected chi connectivity index (χ4v) is 2.34. The smallest absolute Gasteiger partial charge is 0.132 e. The molecule has 2 aromatic carbocycles. The van der Waals surface area contributed by atoms with Crippen molar-refractivity contribution in [3.8, 4) is 5.75 Å². The Balaban J connectivity index is 2.41. The summed E-state index contributed by atoms with van der Waals surface area (Å²) in [5.41, 5.74) is 6.40. The number of halogens is 2. The van der Waals surface area contributed by atoms with Crippen LogP contribution in [0.5, 0.6) is 5.75 Å². The van der Waals surface area contributed by atoms with Crippen LogP contribution in [0.15, 0.2) is 42.5 Å². The van der Waals surface area contributed by atoms with Crippen molar-refractivity contribution in [3.05, 3.63) is 65.2 Å². The number of rotatable bonds is 5. The van der Waals surface area contributed by atoms with Crippen molar-refractivity contribution < 1.29 is 18.6 Å². The number of hydrogen-bond donors (Lipinski definition) is 2. The lowest BCUT2D eigenvalue weighted by Gasteiger charge is -2.24. The minimum atomic E-state index is -1.18. The highest BCUT2D eigenvalue weighted by molar-refractivity contribution is 5.39. The molecule has 0 aliphatic heterocycles. The highest BCUT2D eigenvalue weighted by Gasteiger charge is 2.27. The van der Waals surface area contributed by atoms with Crippen LogP contribution in [-0.2, 0) is 0 Å². The summed E-state index contributed by atoms with van der Waals surface area (Å²) in [5, 5.41) is 10.5. The van der Waals surface area contributed by atoms with Gasteiger partial charge in [-0.25, -0.2) is 8.78 Å². The van der Waals surface area contributed by atoms with Gasteiger partial charge in [-0.05, 0) is 29.8 Å². The fourth-order valence-electron chi connectivity index (χ4n) is 2.34. The van der Waals surface area contributed by atoms with E-state index in [1.54, 1.807) is 6.07 Å². The van der Waals surface area contributed by atoms with Crippen LogP contribution in [0.3, 0.4) is 0 Å². The summed E-state index contributed by atoms with van der Waals surface area (Å²) < 4.78 is 32.1. The number of hydrogen-bond acceptors (Lipinski definition) is 3. The molecule has 0 aliphatic carbocycles. The molecule has 2 atom stereocenters. The number of benzene rings is 2. The van der Waals surface area contributed by atoms with Gasteiger partial charge in [0.05, 0.1) is 18.8 Å². The van der Waals surface area contributed by atoms with Crippen LogP contribution >= 0.6 is 0 Å². The summed E-state index contributed by atoms with van der Waals surface area (Å²) in [6.07, 6.45) is -1.18. The summed E-state index contributed by atoms with van der Waals surface area (Å²) in [6, 6.07) is 9.94. The van der Waals surface area contributed by atoms with Crippen LogP contribution in [0.1, 0.15) is 23.1 Å². The largest absolute Gasteiger partial charge is 0.496 e. The maximum Gasteiger partial charge on any atom is 0.132 e. The van der Waals surface area contributed by atoms with E-state index in [1.165, 1.54) is 43.5 Å². The average Bonchev–Trinajstić information content (AvgIpc) is 2.49. The molecule has 21 heavy (non-hydrogen) atoms. The van der Waals surface area contributed by atoms with E-state index in [4.69, 9.17) is 10.5 Å². The normalized spacial score (nSPS) is 13.8. The van der Waals surface area contributed by atoms with Gasteiger partial charge in [-0.2, -0.15) is 0 Å². The van der Waals surface area contributed by atoms with E-state index in [0.717, 1.165) is 0 Å². The first-order valence-corrected chi connectivity index (χ1v) is 6.54. The molecule has 0 aliphatic rings. The molecule has 0 radical (unpaired) electrons. The highest BCUT2D eigenvalue weighted by atomic mass is 19.1. The van der Waals surface area contributed by atoms with Gasteiger partial charge in [-0.15, -0.1) is 0 Å². The van der Waals surface area contributed by atoms with Gasteiger partial charge < -0.3 is 15.6 Å². The molecule has 2 aromatic rings. The number of methoxy groups -OCH3 is 1. The third kappa shape index (κ3) is 3.20. The lowest BCUT2D eigenvalue weighted by Crippen LogP contribution is -2.21. The average molecular weight is 293 g/mol. The van der Waals surface area contributed by atoms with Gasteiger partial charge in [0.15, 0.2) is 0 Å². The Hall–Kier alpha value is -1.98. The van der Waals surface area contributed by atoms with Crippen molar-refractivity contribution >= 4 is 0 Å². The van der Waals surface area contributed by atoms with Crippen LogP contribution in [-0.4, -0.2) is 18.8 Å². The zero-order valence-electron chi connectivity index (χ0n) is 11.6. The second kappa shape index (κ2) is 6.65. The zero-order chi connectivity index (χ0) is 15.4. The first kappa shape index (κ1) is 15.4. The van der Waals surface area contributed by atoms with Crippen molar-refractivity contribution in [2.75, 3.05) is 13.7 Å². The maximum atomic E-state index is 14.0. The minimum Gasteiger partial charge on any atom is -0.496 e. The second-order valence-electron chi connectivity index (χ2n) is 4.69. The van der Waals surface area contributed by atoms with Crippen LogP contribution in [0.4, 0.5) is 8.78 Å². The number of ether oxygens (including phenoxy) is 1. The Morgan fingerprint density at radius 3 is 2.38 bits per heavy atom. The van der Waals surface area contributed by atoms with Crippen LogP contribution in [0.25, 0.3) is 0 Å². The van der Waals surface area contributed by atoms with Gasteiger partial charge in [0.2, 0.25) is 0 Å². The molecule has 5 heteroatoms. The molecule has 2 rings (SSSR count). The first-order chi connectivity index (χ1) is 10.1. The maximum absolute atomic E-state index is 14.0. The monoisotopic (exact) mass is 293 g/mol.